The number of hydrogen-bond donors (Lipinski definition) is 2. The molecule has 2 aromatic heterocycles. The first-order valence-corrected chi connectivity index (χ1v) is 15.2. The molecule has 0 unspecified atom stereocenters. The molecule has 7 nitrogen and oxygen atoms in total. The van der Waals surface area contributed by atoms with Gasteiger partial charge in [-0.05, 0) is 92.2 Å². The second-order valence-corrected chi connectivity index (χ2v) is 11.5. The standard InChI is InChI=1S/C23H27FN4O.C8H6F3NOS/c24-17-7-8-20-21(14-17)27-23(26-20)16-6-9-22(25-15-16)28-12-10-19(11-13-28)29-18-4-2-1-3-5-18;9-8(10,11)6-1-3-7(4-2-6)14-12-5-13/h6-9,14-15,18-19H,1-5,10-13H2,(H,26,27);1-5H,(H,12,13). The van der Waals surface area contributed by atoms with E-state index < -0.39 is 11.7 Å². The number of aromatic nitrogens is 3. The number of anilines is 1. The number of alkyl halides is 3. The maximum absolute atomic E-state index is 13.4. The third-order valence-electron chi connectivity index (χ3n) is 7.57. The van der Waals surface area contributed by atoms with Crippen molar-refractivity contribution in [2.24, 2.45) is 0 Å². The molecule has 1 saturated carbocycles. The average Bonchev–Trinajstić information content (AvgIpc) is 3.44. The van der Waals surface area contributed by atoms with Crippen molar-refractivity contribution in [3.05, 3.63) is 72.2 Å². The van der Waals surface area contributed by atoms with Crippen LogP contribution in [-0.4, -0.2) is 46.7 Å². The van der Waals surface area contributed by atoms with Gasteiger partial charge >= 0.3 is 6.18 Å². The number of nitrogens with zero attached hydrogens (tertiary/aromatic N) is 3. The van der Waals surface area contributed by atoms with Crippen molar-refractivity contribution in [1.29, 1.82) is 0 Å². The molecule has 1 saturated heterocycles. The van der Waals surface area contributed by atoms with Crippen LogP contribution in [0.25, 0.3) is 22.4 Å². The number of aromatic amines is 1. The molecule has 1 amide bonds. The highest BCUT2D eigenvalue weighted by Gasteiger charge is 2.30. The molecule has 12 heteroatoms. The highest BCUT2D eigenvalue weighted by atomic mass is 32.2. The van der Waals surface area contributed by atoms with Crippen LogP contribution in [0.5, 0.6) is 0 Å². The third kappa shape index (κ3) is 8.47. The Morgan fingerprint density at radius 1 is 0.953 bits per heavy atom. The lowest BCUT2D eigenvalue weighted by atomic mass is 9.97. The molecule has 3 heterocycles. The number of piperidine rings is 1. The van der Waals surface area contributed by atoms with E-state index in [-0.39, 0.29) is 5.82 Å². The Morgan fingerprint density at radius 2 is 1.67 bits per heavy atom. The molecule has 1 aliphatic heterocycles. The fourth-order valence-electron chi connectivity index (χ4n) is 5.33. The molecule has 1 aliphatic carbocycles. The molecule has 0 spiro atoms. The zero-order valence-electron chi connectivity index (χ0n) is 23.4. The van der Waals surface area contributed by atoms with Gasteiger partial charge in [0.2, 0.25) is 6.41 Å². The first kappa shape index (κ1) is 30.8. The summed E-state index contributed by atoms with van der Waals surface area (Å²) in [6.07, 6.45) is 7.46. The van der Waals surface area contributed by atoms with Crippen molar-refractivity contribution < 1.29 is 27.1 Å². The van der Waals surface area contributed by atoms with Gasteiger partial charge in [-0.25, -0.2) is 14.4 Å². The van der Waals surface area contributed by atoms with E-state index in [1.54, 1.807) is 6.07 Å². The number of pyridine rings is 1. The van der Waals surface area contributed by atoms with Gasteiger partial charge in [0, 0.05) is 29.7 Å². The zero-order chi connectivity index (χ0) is 30.2. The molecule has 2 fully saturated rings. The Balaban J connectivity index is 0.000000222. The largest absolute Gasteiger partial charge is 0.416 e. The summed E-state index contributed by atoms with van der Waals surface area (Å²) < 4.78 is 58.3. The van der Waals surface area contributed by atoms with Crippen LogP contribution < -0.4 is 9.62 Å². The minimum Gasteiger partial charge on any atom is -0.375 e. The number of benzene rings is 2. The number of carbonyl (C=O) groups excluding carboxylic acids is 1. The summed E-state index contributed by atoms with van der Waals surface area (Å²) in [5, 5.41) is 0. The van der Waals surface area contributed by atoms with E-state index in [2.05, 4.69) is 24.6 Å². The van der Waals surface area contributed by atoms with Crippen LogP contribution in [0.2, 0.25) is 0 Å². The number of rotatable bonds is 7. The van der Waals surface area contributed by atoms with Gasteiger partial charge in [0.05, 0.1) is 28.8 Å². The first-order chi connectivity index (χ1) is 20.8. The van der Waals surface area contributed by atoms with Crippen LogP contribution in [0.4, 0.5) is 23.4 Å². The van der Waals surface area contributed by atoms with Gasteiger partial charge < -0.3 is 14.6 Å². The first-order valence-electron chi connectivity index (χ1n) is 14.3. The molecule has 0 radical (unpaired) electrons. The van der Waals surface area contributed by atoms with Crippen LogP contribution in [0.1, 0.15) is 50.5 Å². The molecule has 2 aliphatic rings. The van der Waals surface area contributed by atoms with E-state index in [0.717, 1.165) is 66.9 Å². The number of imidazole rings is 1. The molecular formula is C31H33F4N5O2S. The number of hydrogen-bond acceptors (Lipinski definition) is 6. The van der Waals surface area contributed by atoms with Gasteiger partial charge in [0.1, 0.15) is 17.5 Å². The van der Waals surface area contributed by atoms with E-state index in [4.69, 9.17) is 4.74 Å². The Kier molecular flexibility index (Phi) is 10.2. The van der Waals surface area contributed by atoms with Gasteiger partial charge in [0.25, 0.3) is 0 Å². The van der Waals surface area contributed by atoms with Gasteiger partial charge in [-0.15, -0.1) is 0 Å². The molecule has 0 bridgehead atoms. The fraction of sp³-hybridized carbons (Fsp3) is 0.387. The van der Waals surface area contributed by atoms with Gasteiger partial charge in [-0.2, -0.15) is 13.2 Å². The summed E-state index contributed by atoms with van der Waals surface area (Å²) >= 11 is 0.954. The van der Waals surface area contributed by atoms with Crippen molar-refractivity contribution in [3.63, 3.8) is 0 Å². The normalized spacial score (nSPS) is 16.5. The van der Waals surface area contributed by atoms with E-state index in [1.165, 1.54) is 56.4 Å². The third-order valence-corrected chi connectivity index (χ3v) is 8.30. The lowest BCUT2D eigenvalue weighted by Crippen LogP contribution is -2.39. The topological polar surface area (TPSA) is 83.1 Å². The summed E-state index contributed by atoms with van der Waals surface area (Å²) in [6.45, 7) is 1.96. The number of nitrogens with one attached hydrogen (secondary N) is 2. The summed E-state index contributed by atoms with van der Waals surface area (Å²) in [4.78, 5) is 25.1. The predicted octanol–water partition coefficient (Wildman–Crippen LogP) is 7.54. The Bertz CT molecular complexity index is 1470. The van der Waals surface area contributed by atoms with E-state index in [0.29, 0.717) is 34.9 Å². The van der Waals surface area contributed by atoms with Crippen LogP contribution in [-0.2, 0) is 15.7 Å². The second-order valence-electron chi connectivity index (χ2n) is 10.6. The number of amides is 1. The van der Waals surface area contributed by atoms with E-state index in [9.17, 15) is 22.4 Å². The molecule has 43 heavy (non-hydrogen) atoms. The lowest BCUT2D eigenvalue weighted by Gasteiger charge is -2.35. The quantitative estimate of drug-likeness (QED) is 0.127. The van der Waals surface area contributed by atoms with Crippen molar-refractivity contribution >= 4 is 35.2 Å². The van der Waals surface area contributed by atoms with E-state index in [1.807, 2.05) is 18.3 Å². The monoisotopic (exact) mass is 615 g/mol. The van der Waals surface area contributed by atoms with Crippen molar-refractivity contribution in [1.82, 2.24) is 19.7 Å². The molecule has 4 aromatic rings. The Morgan fingerprint density at radius 3 is 2.33 bits per heavy atom. The average molecular weight is 616 g/mol. The Labute approximate surface area is 251 Å². The molecule has 2 N–H and O–H groups in total. The van der Waals surface area contributed by atoms with Gasteiger partial charge in [0.15, 0.2) is 0 Å². The lowest BCUT2D eigenvalue weighted by molar-refractivity contribution is -0.137. The number of H-pyrrole nitrogens is 1. The molecule has 228 valence electrons. The maximum Gasteiger partial charge on any atom is 0.416 e. The smallest absolute Gasteiger partial charge is 0.375 e. The molecular weight excluding hydrogens is 582 g/mol. The van der Waals surface area contributed by atoms with Crippen molar-refractivity contribution in [2.45, 2.75) is 68.2 Å². The SMILES string of the molecule is Fc1ccc2nc(-c3ccc(N4CCC(OC5CCCCC5)CC4)nc3)[nH]c2c1.O=CNSc1ccc(C(F)(F)F)cc1. The summed E-state index contributed by atoms with van der Waals surface area (Å²) in [6, 6.07) is 13.2. The number of halogens is 4. The highest BCUT2D eigenvalue weighted by molar-refractivity contribution is 7.97. The molecule has 6 rings (SSSR count). The summed E-state index contributed by atoms with van der Waals surface area (Å²) in [5.41, 5.74) is 1.66. The second kappa shape index (κ2) is 14.2. The number of carbonyl (C=O) groups is 1. The maximum atomic E-state index is 13.4. The summed E-state index contributed by atoms with van der Waals surface area (Å²) in [5.74, 6) is 1.44. The number of fused-ring (bicyclic) bond motifs is 1. The minimum atomic E-state index is -4.32. The van der Waals surface area contributed by atoms with Crippen LogP contribution in [0.3, 0.4) is 0 Å². The van der Waals surface area contributed by atoms with Gasteiger partial charge in [-0.3, -0.25) is 9.52 Å². The summed E-state index contributed by atoms with van der Waals surface area (Å²) in [7, 11) is 0. The van der Waals surface area contributed by atoms with Gasteiger partial charge in [-0.1, -0.05) is 19.3 Å². The zero-order valence-corrected chi connectivity index (χ0v) is 24.3. The molecule has 0 atom stereocenters. The van der Waals surface area contributed by atoms with Crippen LogP contribution >= 0.6 is 11.9 Å². The van der Waals surface area contributed by atoms with Crippen molar-refractivity contribution in [2.75, 3.05) is 18.0 Å². The molecule has 2 aromatic carbocycles. The minimum absolute atomic E-state index is 0.267. The van der Waals surface area contributed by atoms with Crippen LogP contribution in [0, 0.1) is 5.82 Å². The van der Waals surface area contributed by atoms with Crippen LogP contribution in [0.15, 0.2) is 65.7 Å². The number of ether oxygens (including phenoxy) is 1. The van der Waals surface area contributed by atoms with Crippen molar-refractivity contribution in [3.8, 4) is 11.4 Å². The highest BCUT2D eigenvalue weighted by Crippen LogP contribution is 2.30. The Hall–Kier alpha value is -3.64. The predicted molar refractivity (Wildman–Crippen MR) is 159 cm³/mol. The van der Waals surface area contributed by atoms with E-state index >= 15 is 0 Å². The fourth-order valence-corrected chi connectivity index (χ4v) is 5.79.